The summed E-state index contributed by atoms with van der Waals surface area (Å²) >= 11 is 1.42. The lowest BCUT2D eigenvalue weighted by Gasteiger charge is -2.08. The van der Waals surface area contributed by atoms with Crippen molar-refractivity contribution in [3.63, 3.8) is 0 Å². The monoisotopic (exact) mass is 330 g/mol. The molecule has 0 fully saturated rings. The van der Waals surface area contributed by atoms with Crippen molar-refractivity contribution in [2.45, 2.75) is 24.8 Å². The summed E-state index contributed by atoms with van der Waals surface area (Å²) in [6.07, 6.45) is 2.44. The first-order chi connectivity index (χ1) is 11.1. The first-order valence-electron chi connectivity index (χ1n) is 7.29. The average molecular weight is 330 g/mol. The van der Waals surface area contributed by atoms with Crippen molar-refractivity contribution in [3.8, 4) is 0 Å². The van der Waals surface area contributed by atoms with Gasteiger partial charge in [-0.25, -0.2) is 0 Å². The zero-order valence-corrected chi connectivity index (χ0v) is 13.6. The van der Waals surface area contributed by atoms with E-state index in [0.717, 1.165) is 4.73 Å². The van der Waals surface area contributed by atoms with E-state index in [-0.39, 0.29) is 11.7 Å². The molecular formula is C17H18N2O3S. The van der Waals surface area contributed by atoms with Crippen LogP contribution in [-0.2, 0) is 4.79 Å². The van der Waals surface area contributed by atoms with Crippen molar-refractivity contribution >= 4 is 29.1 Å². The molecule has 1 heterocycles. The molecule has 1 aromatic carbocycles. The molecule has 1 amide bonds. The lowest BCUT2D eigenvalue weighted by molar-refractivity contribution is -0.645. The highest BCUT2D eigenvalue weighted by molar-refractivity contribution is 7.99. The first-order valence-corrected chi connectivity index (χ1v) is 8.27. The van der Waals surface area contributed by atoms with Gasteiger partial charge >= 0.3 is 0 Å². The molecule has 6 heteroatoms. The second kappa shape index (κ2) is 8.33. The average Bonchev–Trinajstić information content (AvgIpc) is 2.53. The van der Waals surface area contributed by atoms with Gasteiger partial charge in [0.2, 0.25) is 5.91 Å². The summed E-state index contributed by atoms with van der Waals surface area (Å²) in [7, 11) is 0. The maximum absolute atomic E-state index is 12.0. The minimum absolute atomic E-state index is 0.0828. The van der Waals surface area contributed by atoms with E-state index in [2.05, 4.69) is 5.32 Å². The van der Waals surface area contributed by atoms with Crippen LogP contribution in [0.1, 0.15) is 30.1 Å². The lowest BCUT2D eigenvalue weighted by atomic mass is 10.1. The number of pyridine rings is 1. The summed E-state index contributed by atoms with van der Waals surface area (Å²) in [5.74, 6) is 0.455. The Morgan fingerprint density at radius 2 is 1.91 bits per heavy atom. The number of hydrogen-bond acceptors (Lipinski definition) is 4. The molecule has 0 saturated carbocycles. The van der Waals surface area contributed by atoms with Crippen LogP contribution < -0.4 is 10.0 Å². The highest BCUT2D eigenvalue weighted by Gasteiger charge is 2.10. The number of aromatic nitrogens is 1. The molecule has 0 aliphatic rings. The molecule has 120 valence electrons. The maximum atomic E-state index is 12.0. The van der Waals surface area contributed by atoms with Crippen LogP contribution in [0.5, 0.6) is 0 Å². The summed E-state index contributed by atoms with van der Waals surface area (Å²) in [5, 5.41) is 14.9. The number of carbonyl (C=O) groups excluding carboxylic acids is 2. The third kappa shape index (κ3) is 5.10. The van der Waals surface area contributed by atoms with Gasteiger partial charge in [-0.1, -0.05) is 23.9 Å². The Balaban J connectivity index is 1.80. The number of rotatable bonds is 7. The largest absolute Gasteiger partial charge is 0.618 e. The van der Waals surface area contributed by atoms with E-state index >= 15 is 0 Å². The number of nitrogens with zero attached hydrogens (tertiary/aromatic N) is 1. The van der Waals surface area contributed by atoms with E-state index in [1.807, 2.05) is 6.07 Å². The number of ketones is 1. The molecule has 1 N–H and O–H groups in total. The molecule has 0 spiro atoms. The third-order valence-corrected chi connectivity index (χ3v) is 4.27. The zero-order valence-electron chi connectivity index (χ0n) is 12.8. The minimum Gasteiger partial charge on any atom is -0.618 e. The van der Waals surface area contributed by atoms with Crippen LogP contribution in [0.25, 0.3) is 0 Å². The predicted molar refractivity (Wildman–Crippen MR) is 90.4 cm³/mol. The van der Waals surface area contributed by atoms with Gasteiger partial charge in [0, 0.05) is 29.9 Å². The highest BCUT2D eigenvalue weighted by Crippen LogP contribution is 2.17. The SMILES string of the molecule is CC(=O)c1ccccc1NC(=O)CCCSc1cccc[n+]1[O-]. The van der Waals surface area contributed by atoms with Crippen LogP contribution in [0.4, 0.5) is 5.69 Å². The Labute approximate surface area is 139 Å². The van der Waals surface area contributed by atoms with Gasteiger partial charge in [0.05, 0.1) is 5.69 Å². The van der Waals surface area contributed by atoms with Gasteiger partial charge in [-0.05, 0) is 31.5 Å². The third-order valence-electron chi connectivity index (χ3n) is 3.17. The van der Waals surface area contributed by atoms with E-state index in [1.165, 1.54) is 24.9 Å². The van der Waals surface area contributed by atoms with Gasteiger partial charge < -0.3 is 10.5 Å². The fraction of sp³-hybridized carbons (Fsp3) is 0.235. The second-order valence-corrected chi connectivity index (χ2v) is 6.08. The van der Waals surface area contributed by atoms with Crippen LogP contribution >= 0.6 is 11.8 Å². The van der Waals surface area contributed by atoms with Crippen molar-refractivity contribution in [2.75, 3.05) is 11.1 Å². The molecule has 1 aromatic heterocycles. The van der Waals surface area contributed by atoms with Crippen molar-refractivity contribution in [1.82, 2.24) is 0 Å². The van der Waals surface area contributed by atoms with Crippen LogP contribution in [0.2, 0.25) is 0 Å². The second-order valence-electron chi connectivity index (χ2n) is 4.97. The van der Waals surface area contributed by atoms with Crippen LogP contribution in [-0.4, -0.2) is 17.4 Å². The molecule has 0 bridgehead atoms. The molecule has 0 aliphatic heterocycles. The van der Waals surface area contributed by atoms with Gasteiger partial charge in [0.15, 0.2) is 12.0 Å². The smallest absolute Gasteiger partial charge is 0.251 e. The van der Waals surface area contributed by atoms with Crippen molar-refractivity contribution in [2.24, 2.45) is 0 Å². The number of thioether (sulfide) groups is 1. The summed E-state index contributed by atoms with van der Waals surface area (Å²) < 4.78 is 0.813. The Morgan fingerprint density at radius 1 is 1.17 bits per heavy atom. The molecule has 5 nitrogen and oxygen atoms in total. The molecule has 2 rings (SSSR count). The maximum Gasteiger partial charge on any atom is 0.251 e. The fourth-order valence-corrected chi connectivity index (χ4v) is 2.91. The summed E-state index contributed by atoms with van der Waals surface area (Å²) in [4.78, 5) is 23.5. The molecule has 0 aliphatic carbocycles. The Hall–Kier alpha value is -2.34. The molecule has 0 unspecified atom stereocenters. The van der Waals surface area contributed by atoms with Crippen molar-refractivity contribution < 1.29 is 14.3 Å². The molecule has 23 heavy (non-hydrogen) atoms. The molecule has 0 saturated heterocycles. The van der Waals surface area contributed by atoms with Gasteiger partial charge in [0.25, 0.3) is 5.03 Å². The number of amides is 1. The van der Waals surface area contributed by atoms with Gasteiger partial charge in [-0.15, -0.1) is 0 Å². The number of Topliss-reactive ketones (excluding diaryl/α,β-unsaturated/α-hetero) is 1. The van der Waals surface area contributed by atoms with Crippen LogP contribution in [0, 0.1) is 5.21 Å². The number of anilines is 1. The van der Waals surface area contributed by atoms with E-state index in [1.54, 1.807) is 36.4 Å². The van der Waals surface area contributed by atoms with E-state index in [4.69, 9.17) is 0 Å². The fourth-order valence-electron chi connectivity index (χ4n) is 2.05. The number of benzene rings is 1. The van der Waals surface area contributed by atoms with Crippen molar-refractivity contribution in [3.05, 3.63) is 59.4 Å². The lowest BCUT2D eigenvalue weighted by Crippen LogP contribution is -2.27. The molecular weight excluding hydrogens is 312 g/mol. The van der Waals surface area contributed by atoms with Crippen LogP contribution in [0.15, 0.2) is 53.7 Å². The number of carbonyl (C=O) groups is 2. The van der Waals surface area contributed by atoms with E-state index in [9.17, 15) is 14.8 Å². The standard InChI is InChI=1S/C17H18N2O3S/c1-13(20)14-7-2-3-8-15(14)18-16(21)9-6-12-23-17-10-4-5-11-19(17)22/h2-5,7-8,10-11H,6,9,12H2,1H3,(H,18,21). The predicted octanol–water partition coefficient (Wildman–Crippen LogP) is 3.03. The number of nitrogens with one attached hydrogen (secondary N) is 1. The number of para-hydroxylation sites is 1. The molecule has 2 aromatic rings. The van der Waals surface area contributed by atoms with Gasteiger partial charge in [-0.3, -0.25) is 9.59 Å². The quantitative estimate of drug-likeness (QED) is 0.278. The summed E-state index contributed by atoms with van der Waals surface area (Å²) in [6.45, 7) is 1.47. The van der Waals surface area contributed by atoms with Crippen LogP contribution in [0.3, 0.4) is 0 Å². The highest BCUT2D eigenvalue weighted by atomic mass is 32.2. The summed E-state index contributed by atoms with van der Waals surface area (Å²) in [6, 6.07) is 12.2. The Morgan fingerprint density at radius 3 is 2.65 bits per heavy atom. The van der Waals surface area contributed by atoms with Crippen molar-refractivity contribution in [1.29, 1.82) is 0 Å². The van der Waals surface area contributed by atoms with E-state index < -0.39 is 0 Å². The van der Waals surface area contributed by atoms with E-state index in [0.29, 0.717) is 34.9 Å². The number of hydrogen-bond donors (Lipinski definition) is 1. The Kier molecular flexibility index (Phi) is 6.17. The molecule has 0 radical (unpaired) electrons. The first kappa shape index (κ1) is 17.0. The van der Waals surface area contributed by atoms with Gasteiger partial charge in [0.1, 0.15) is 0 Å². The zero-order chi connectivity index (χ0) is 16.7. The topological polar surface area (TPSA) is 73.1 Å². The Bertz CT molecular complexity index is 704. The minimum atomic E-state index is -0.137. The molecule has 0 atom stereocenters. The normalized spacial score (nSPS) is 10.3. The summed E-state index contributed by atoms with van der Waals surface area (Å²) in [5.41, 5.74) is 1.05. The van der Waals surface area contributed by atoms with Gasteiger partial charge in [-0.2, -0.15) is 4.73 Å².